The Balaban J connectivity index is 2.12. The molecule has 0 spiro atoms. The van der Waals surface area contributed by atoms with Crippen molar-refractivity contribution in [3.63, 3.8) is 0 Å². The van der Waals surface area contributed by atoms with E-state index in [4.69, 9.17) is 5.10 Å². The highest BCUT2D eigenvalue weighted by molar-refractivity contribution is 5.81. The van der Waals surface area contributed by atoms with Crippen LogP contribution in [0.2, 0.25) is 0 Å². The summed E-state index contributed by atoms with van der Waals surface area (Å²) in [5.74, 6) is 0.0230. The summed E-state index contributed by atoms with van der Waals surface area (Å²) < 4.78 is 1.82. The van der Waals surface area contributed by atoms with E-state index in [1.54, 1.807) is 19.0 Å². The third kappa shape index (κ3) is 3.08. The van der Waals surface area contributed by atoms with Crippen molar-refractivity contribution in [2.45, 2.75) is 13.0 Å². The van der Waals surface area contributed by atoms with Gasteiger partial charge in [0.2, 0.25) is 5.91 Å². The fourth-order valence-electron chi connectivity index (χ4n) is 2.74. The van der Waals surface area contributed by atoms with Crippen LogP contribution in [-0.4, -0.2) is 34.7 Å². The predicted octanol–water partition coefficient (Wildman–Crippen LogP) is 3.87. The number of rotatable bonds is 4. The molecule has 122 valence electrons. The summed E-state index contributed by atoms with van der Waals surface area (Å²) in [6.07, 6.45) is 0. The molecule has 0 fully saturated rings. The first kappa shape index (κ1) is 16.0. The van der Waals surface area contributed by atoms with Gasteiger partial charge in [0.1, 0.15) is 6.04 Å². The van der Waals surface area contributed by atoms with Crippen LogP contribution in [-0.2, 0) is 4.79 Å². The number of amides is 1. The van der Waals surface area contributed by atoms with Crippen LogP contribution in [0.1, 0.15) is 13.0 Å². The van der Waals surface area contributed by atoms with Gasteiger partial charge in [0.15, 0.2) is 0 Å². The molecule has 0 aliphatic rings. The molecule has 1 amide bonds. The minimum atomic E-state index is -0.368. The van der Waals surface area contributed by atoms with E-state index in [0.29, 0.717) is 0 Å². The minimum Gasteiger partial charge on any atom is -0.347 e. The van der Waals surface area contributed by atoms with Crippen LogP contribution < -0.4 is 0 Å². The lowest BCUT2D eigenvalue weighted by Crippen LogP contribution is -2.30. The highest BCUT2D eigenvalue weighted by atomic mass is 16.2. The molecule has 3 aromatic rings. The molecule has 1 aromatic heterocycles. The molecule has 1 atom stereocenters. The maximum atomic E-state index is 12.4. The molecular formula is C20H21N3O. The average Bonchev–Trinajstić information content (AvgIpc) is 3.07. The molecule has 4 heteroatoms. The van der Waals surface area contributed by atoms with Crippen molar-refractivity contribution in [3.05, 3.63) is 66.7 Å². The highest BCUT2D eigenvalue weighted by Crippen LogP contribution is 2.28. The number of aromatic nitrogens is 2. The zero-order valence-electron chi connectivity index (χ0n) is 14.2. The first-order valence-electron chi connectivity index (χ1n) is 7.99. The standard InChI is InChI=1S/C20H21N3O/c1-15(20(24)22(2)3)23-19(17-12-8-5-9-13-17)14-18(21-23)16-10-6-4-7-11-16/h4-15H,1-3H3. The maximum absolute atomic E-state index is 12.4. The Labute approximate surface area is 142 Å². The second kappa shape index (κ2) is 6.71. The van der Waals surface area contributed by atoms with Crippen LogP contribution in [0.15, 0.2) is 66.7 Å². The third-order valence-electron chi connectivity index (χ3n) is 4.04. The van der Waals surface area contributed by atoms with Crippen LogP contribution in [0, 0.1) is 0 Å². The Kier molecular flexibility index (Phi) is 4.47. The van der Waals surface area contributed by atoms with Crippen molar-refractivity contribution < 1.29 is 4.79 Å². The molecular weight excluding hydrogens is 298 g/mol. The molecule has 0 aliphatic heterocycles. The quantitative estimate of drug-likeness (QED) is 0.732. The van der Waals surface area contributed by atoms with E-state index in [1.807, 2.05) is 78.3 Å². The van der Waals surface area contributed by atoms with Crippen molar-refractivity contribution in [2.24, 2.45) is 0 Å². The van der Waals surface area contributed by atoms with Crippen LogP contribution in [0.5, 0.6) is 0 Å². The van der Waals surface area contributed by atoms with E-state index >= 15 is 0 Å². The van der Waals surface area contributed by atoms with Gasteiger partial charge in [-0.2, -0.15) is 5.10 Å². The van der Waals surface area contributed by atoms with Gasteiger partial charge >= 0.3 is 0 Å². The van der Waals surface area contributed by atoms with Crippen LogP contribution >= 0.6 is 0 Å². The molecule has 1 unspecified atom stereocenters. The molecule has 2 aromatic carbocycles. The van der Waals surface area contributed by atoms with Crippen LogP contribution in [0.4, 0.5) is 0 Å². The van der Waals surface area contributed by atoms with E-state index in [1.165, 1.54) is 0 Å². The summed E-state index contributed by atoms with van der Waals surface area (Å²) in [6, 6.07) is 21.7. The van der Waals surface area contributed by atoms with E-state index in [0.717, 1.165) is 22.5 Å². The molecule has 0 aliphatic carbocycles. The maximum Gasteiger partial charge on any atom is 0.246 e. The van der Waals surface area contributed by atoms with Gasteiger partial charge in [0.25, 0.3) is 0 Å². The highest BCUT2D eigenvalue weighted by Gasteiger charge is 2.22. The molecule has 0 N–H and O–H groups in total. The van der Waals surface area contributed by atoms with Gasteiger partial charge < -0.3 is 4.90 Å². The van der Waals surface area contributed by atoms with Gasteiger partial charge in [0, 0.05) is 19.7 Å². The predicted molar refractivity (Wildman–Crippen MR) is 96.5 cm³/mol. The third-order valence-corrected chi connectivity index (χ3v) is 4.04. The molecule has 0 radical (unpaired) electrons. The topological polar surface area (TPSA) is 38.1 Å². The molecule has 1 heterocycles. The minimum absolute atomic E-state index is 0.0230. The average molecular weight is 319 g/mol. The van der Waals surface area contributed by atoms with Gasteiger partial charge in [-0.25, -0.2) is 0 Å². The second-order valence-electron chi connectivity index (χ2n) is 6.00. The van der Waals surface area contributed by atoms with Crippen LogP contribution in [0.25, 0.3) is 22.5 Å². The summed E-state index contributed by atoms with van der Waals surface area (Å²) in [5.41, 5.74) is 3.90. The number of benzene rings is 2. The largest absolute Gasteiger partial charge is 0.347 e. The number of nitrogens with zero attached hydrogens (tertiary/aromatic N) is 3. The second-order valence-corrected chi connectivity index (χ2v) is 6.00. The fraction of sp³-hybridized carbons (Fsp3) is 0.200. The van der Waals surface area contributed by atoms with E-state index in [-0.39, 0.29) is 11.9 Å². The van der Waals surface area contributed by atoms with Gasteiger partial charge in [-0.3, -0.25) is 9.48 Å². The summed E-state index contributed by atoms with van der Waals surface area (Å²) in [7, 11) is 3.53. The Morgan fingerprint density at radius 3 is 2.04 bits per heavy atom. The number of likely N-dealkylation sites (N-methyl/N-ethyl adjacent to an activating group) is 1. The van der Waals surface area contributed by atoms with Crippen molar-refractivity contribution in [3.8, 4) is 22.5 Å². The van der Waals surface area contributed by atoms with E-state index in [2.05, 4.69) is 0 Å². The number of hydrogen-bond donors (Lipinski definition) is 0. The summed E-state index contributed by atoms with van der Waals surface area (Å²) >= 11 is 0. The van der Waals surface area contributed by atoms with Gasteiger partial charge in [-0.15, -0.1) is 0 Å². The van der Waals surface area contributed by atoms with E-state index in [9.17, 15) is 4.79 Å². The molecule has 24 heavy (non-hydrogen) atoms. The van der Waals surface area contributed by atoms with Crippen molar-refractivity contribution in [1.82, 2.24) is 14.7 Å². The Hall–Kier alpha value is -2.88. The summed E-state index contributed by atoms with van der Waals surface area (Å²) in [6.45, 7) is 1.89. The number of carbonyl (C=O) groups excluding carboxylic acids is 1. The lowest BCUT2D eigenvalue weighted by Gasteiger charge is -2.19. The zero-order valence-corrected chi connectivity index (χ0v) is 14.2. The lowest BCUT2D eigenvalue weighted by atomic mass is 10.1. The van der Waals surface area contributed by atoms with Crippen molar-refractivity contribution >= 4 is 5.91 Å². The van der Waals surface area contributed by atoms with Gasteiger partial charge in [-0.05, 0) is 18.6 Å². The molecule has 0 saturated heterocycles. The monoisotopic (exact) mass is 319 g/mol. The molecule has 4 nitrogen and oxygen atoms in total. The first-order chi connectivity index (χ1) is 11.6. The molecule has 0 saturated carbocycles. The molecule has 3 rings (SSSR count). The van der Waals surface area contributed by atoms with Gasteiger partial charge in [0.05, 0.1) is 11.4 Å². The van der Waals surface area contributed by atoms with E-state index < -0.39 is 0 Å². The Morgan fingerprint density at radius 2 is 1.50 bits per heavy atom. The molecule has 0 bridgehead atoms. The van der Waals surface area contributed by atoms with Gasteiger partial charge in [-0.1, -0.05) is 60.7 Å². The smallest absolute Gasteiger partial charge is 0.246 e. The first-order valence-corrected chi connectivity index (χ1v) is 7.99. The normalized spacial score (nSPS) is 12.0. The summed E-state index contributed by atoms with van der Waals surface area (Å²) in [4.78, 5) is 14.0. The number of hydrogen-bond acceptors (Lipinski definition) is 2. The number of carbonyl (C=O) groups is 1. The van der Waals surface area contributed by atoms with Crippen molar-refractivity contribution in [2.75, 3.05) is 14.1 Å². The lowest BCUT2D eigenvalue weighted by molar-refractivity contribution is -0.131. The zero-order chi connectivity index (χ0) is 17.1. The SMILES string of the molecule is CC(C(=O)N(C)C)n1nc(-c2ccccc2)cc1-c1ccccc1. The fourth-order valence-corrected chi connectivity index (χ4v) is 2.74. The Morgan fingerprint density at radius 1 is 0.958 bits per heavy atom. The summed E-state index contributed by atoms with van der Waals surface area (Å²) in [5, 5.41) is 4.73. The van der Waals surface area contributed by atoms with Crippen molar-refractivity contribution in [1.29, 1.82) is 0 Å². The Bertz CT molecular complexity index is 823. The van der Waals surface area contributed by atoms with Crippen LogP contribution in [0.3, 0.4) is 0 Å².